The van der Waals surface area contributed by atoms with E-state index in [1.54, 1.807) is 23.7 Å². The van der Waals surface area contributed by atoms with Crippen LogP contribution in [0.3, 0.4) is 0 Å². The van der Waals surface area contributed by atoms with Gasteiger partial charge in [0.15, 0.2) is 0 Å². The van der Waals surface area contributed by atoms with Crippen LogP contribution in [0, 0.1) is 5.41 Å². The summed E-state index contributed by atoms with van der Waals surface area (Å²) in [5.74, 6) is 0.308. The number of aryl methyl sites for hydroxylation is 1. The lowest BCUT2D eigenvalue weighted by Gasteiger charge is -2.11. The minimum atomic E-state index is 0.266. The van der Waals surface area contributed by atoms with Gasteiger partial charge in [-0.2, -0.15) is 0 Å². The highest BCUT2D eigenvalue weighted by Crippen LogP contribution is 2.35. The second-order valence-corrected chi connectivity index (χ2v) is 11.0. The fourth-order valence-electron chi connectivity index (χ4n) is 4.77. The molecule has 0 aliphatic carbocycles. The Hall–Kier alpha value is -4.81. The molecule has 6 heteroatoms. The molecule has 0 radical (unpaired) electrons. The molecular weight excluding hydrogens is 522 g/mol. The lowest BCUT2D eigenvalue weighted by atomic mass is 9.97. The van der Waals surface area contributed by atoms with E-state index in [4.69, 9.17) is 11.1 Å². The van der Waals surface area contributed by atoms with Gasteiger partial charge in [0.2, 0.25) is 0 Å². The minimum absolute atomic E-state index is 0.266. The van der Waals surface area contributed by atoms with Gasteiger partial charge in [0.25, 0.3) is 0 Å². The molecule has 0 aliphatic heterocycles. The van der Waals surface area contributed by atoms with E-state index >= 15 is 0 Å². The molecule has 1 aromatic carbocycles. The molecule has 204 valence electrons. The quantitative estimate of drug-likeness (QED) is 0.119. The van der Waals surface area contributed by atoms with E-state index in [0.717, 1.165) is 61.5 Å². The Morgan fingerprint density at radius 3 is 2.61 bits per heavy atom. The predicted molar refractivity (Wildman–Crippen MR) is 175 cm³/mol. The molecule has 5 rings (SSSR count). The van der Waals surface area contributed by atoms with Crippen LogP contribution in [0.4, 0.5) is 5.82 Å². The zero-order valence-electron chi connectivity index (χ0n) is 23.4. The SMILES string of the molecule is C=C/C(=C\C(=C/C)c1cnc(N)c(C(=N)c2cc3c(-c4ccc(C(=C)C)s4)ccnc3[nH]2)c1)CCc1ccccc1. The molecule has 41 heavy (non-hydrogen) atoms. The third-order valence-corrected chi connectivity index (χ3v) is 8.35. The van der Waals surface area contributed by atoms with Crippen LogP contribution in [-0.2, 0) is 6.42 Å². The van der Waals surface area contributed by atoms with Crippen LogP contribution in [0.2, 0.25) is 0 Å². The van der Waals surface area contributed by atoms with E-state index in [1.165, 1.54) is 5.56 Å². The molecule has 0 spiro atoms. The number of nitrogens with two attached hydrogens (primary N) is 1. The van der Waals surface area contributed by atoms with Gasteiger partial charge in [0, 0.05) is 44.2 Å². The Balaban J connectivity index is 1.44. The number of anilines is 1. The summed E-state index contributed by atoms with van der Waals surface area (Å²) in [7, 11) is 0. The average molecular weight is 556 g/mol. The smallest absolute Gasteiger partial charge is 0.138 e. The van der Waals surface area contributed by atoms with Crippen LogP contribution in [0.5, 0.6) is 0 Å². The number of hydrogen-bond donors (Lipinski definition) is 3. The van der Waals surface area contributed by atoms with Gasteiger partial charge in [0.1, 0.15) is 11.5 Å². The van der Waals surface area contributed by atoms with Crippen molar-refractivity contribution in [3.8, 4) is 10.4 Å². The lowest BCUT2D eigenvalue weighted by molar-refractivity contribution is 0.966. The number of aromatic amines is 1. The number of rotatable bonds is 10. The summed E-state index contributed by atoms with van der Waals surface area (Å²) in [6.07, 6.45) is 11.4. The fraction of sp³-hybridized carbons (Fsp3) is 0.114. The molecule has 4 N–H and O–H groups in total. The predicted octanol–water partition coefficient (Wildman–Crippen LogP) is 8.87. The van der Waals surface area contributed by atoms with Gasteiger partial charge >= 0.3 is 0 Å². The molecular formula is C35H33N5S. The van der Waals surface area contributed by atoms with Crippen molar-refractivity contribution in [3.05, 3.63) is 137 Å². The maximum Gasteiger partial charge on any atom is 0.138 e. The average Bonchev–Trinajstić information content (AvgIpc) is 3.66. The number of thiophene rings is 1. The molecule has 5 aromatic rings. The van der Waals surface area contributed by atoms with Gasteiger partial charge in [-0.3, -0.25) is 5.41 Å². The highest BCUT2D eigenvalue weighted by atomic mass is 32.1. The van der Waals surface area contributed by atoms with E-state index in [9.17, 15) is 0 Å². The first-order valence-corrected chi connectivity index (χ1v) is 14.3. The summed E-state index contributed by atoms with van der Waals surface area (Å²) < 4.78 is 0. The van der Waals surface area contributed by atoms with Crippen molar-refractivity contribution in [2.24, 2.45) is 0 Å². The van der Waals surface area contributed by atoms with E-state index in [-0.39, 0.29) is 5.71 Å². The van der Waals surface area contributed by atoms with Crippen LogP contribution in [0.1, 0.15) is 47.5 Å². The molecule has 4 aromatic heterocycles. The van der Waals surface area contributed by atoms with E-state index in [1.807, 2.05) is 50.3 Å². The molecule has 0 saturated carbocycles. The number of benzene rings is 1. The van der Waals surface area contributed by atoms with Gasteiger partial charge in [-0.25, -0.2) is 9.97 Å². The minimum Gasteiger partial charge on any atom is -0.383 e. The summed E-state index contributed by atoms with van der Waals surface area (Å²) in [4.78, 5) is 14.6. The Morgan fingerprint density at radius 1 is 1.10 bits per heavy atom. The molecule has 5 nitrogen and oxygen atoms in total. The zero-order chi connectivity index (χ0) is 28.9. The number of aromatic nitrogens is 3. The summed E-state index contributed by atoms with van der Waals surface area (Å²) in [6, 6.07) is 20.6. The van der Waals surface area contributed by atoms with Crippen LogP contribution in [-0.4, -0.2) is 20.7 Å². The third-order valence-electron chi connectivity index (χ3n) is 7.07. The molecule has 0 amide bonds. The van der Waals surface area contributed by atoms with Gasteiger partial charge in [-0.15, -0.1) is 11.3 Å². The monoisotopic (exact) mass is 555 g/mol. The Bertz CT molecular complexity index is 1820. The zero-order valence-corrected chi connectivity index (χ0v) is 24.2. The number of H-pyrrole nitrogens is 1. The van der Waals surface area contributed by atoms with Crippen molar-refractivity contribution < 1.29 is 0 Å². The van der Waals surface area contributed by atoms with E-state index in [2.05, 4.69) is 70.6 Å². The van der Waals surface area contributed by atoms with Crippen molar-refractivity contribution in [1.82, 2.24) is 15.0 Å². The highest BCUT2D eigenvalue weighted by molar-refractivity contribution is 7.16. The summed E-state index contributed by atoms with van der Waals surface area (Å²) >= 11 is 1.70. The fourth-order valence-corrected chi connectivity index (χ4v) is 5.74. The highest BCUT2D eigenvalue weighted by Gasteiger charge is 2.17. The molecule has 0 aliphatic rings. The summed E-state index contributed by atoms with van der Waals surface area (Å²) in [5.41, 5.74) is 14.9. The molecule has 0 saturated heterocycles. The Labute approximate surface area is 245 Å². The lowest BCUT2D eigenvalue weighted by Crippen LogP contribution is -2.08. The molecule has 4 heterocycles. The number of nitrogens with zero attached hydrogens (tertiary/aromatic N) is 2. The second-order valence-electron chi connectivity index (χ2n) is 9.93. The maximum atomic E-state index is 9.07. The van der Waals surface area contributed by atoms with Crippen LogP contribution in [0.15, 0.2) is 110 Å². The molecule has 0 unspecified atom stereocenters. The summed E-state index contributed by atoms with van der Waals surface area (Å²) in [5, 5.41) is 10.0. The van der Waals surface area contributed by atoms with Gasteiger partial charge in [-0.05, 0) is 79.3 Å². The first-order valence-electron chi connectivity index (χ1n) is 13.5. The van der Waals surface area contributed by atoms with Crippen LogP contribution < -0.4 is 5.73 Å². The van der Waals surface area contributed by atoms with Gasteiger partial charge in [0.05, 0.1) is 11.4 Å². The molecule has 0 fully saturated rings. The van der Waals surface area contributed by atoms with Crippen molar-refractivity contribution >= 4 is 45.0 Å². The number of nitrogens with one attached hydrogen (secondary N) is 2. The van der Waals surface area contributed by atoms with Gasteiger partial charge < -0.3 is 10.7 Å². The topological polar surface area (TPSA) is 91.4 Å². The maximum absolute atomic E-state index is 9.07. The number of pyridine rings is 2. The Kier molecular flexibility index (Phi) is 8.22. The first-order chi connectivity index (χ1) is 19.9. The second kappa shape index (κ2) is 12.1. The van der Waals surface area contributed by atoms with Crippen molar-refractivity contribution in [1.29, 1.82) is 5.41 Å². The Morgan fingerprint density at radius 2 is 1.90 bits per heavy atom. The largest absolute Gasteiger partial charge is 0.383 e. The summed E-state index contributed by atoms with van der Waals surface area (Å²) in [6.45, 7) is 12.1. The van der Waals surface area contributed by atoms with E-state index in [0.29, 0.717) is 17.1 Å². The number of nitrogen functional groups attached to an aromatic ring is 1. The number of hydrogen-bond acceptors (Lipinski definition) is 5. The molecule has 0 atom stereocenters. The third kappa shape index (κ3) is 6.03. The molecule has 0 bridgehead atoms. The van der Waals surface area contributed by atoms with Crippen molar-refractivity contribution in [2.45, 2.75) is 26.7 Å². The van der Waals surface area contributed by atoms with Crippen LogP contribution >= 0.6 is 11.3 Å². The number of fused-ring (bicyclic) bond motifs is 1. The van der Waals surface area contributed by atoms with Crippen molar-refractivity contribution in [2.75, 3.05) is 5.73 Å². The number of allylic oxidation sites excluding steroid dienone is 6. The van der Waals surface area contributed by atoms with Gasteiger partial charge in [-0.1, -0.05) is 61.7 Å². The van der Waals surface area contributed by atoms with Crippen molar-refractivity contribution in [3.63, 3.8) is 0 Å². The van der Waals surface area contributed by atoms with Crippen LogP contribution in [0.25, 0.3) is 32.6 Å². The standard InChI is InChI=1S/C35H33N5S/c1-5-23(12-13-24-10-8-7-9-11-24)18-25(6-2)26-19-29(34(37)39-21-26)33(36)30-20-28-27(16-17-38-35(28)40-30)32-15-14-31(41-32)22(3)4/h5-11,14-21,36H,1,3,12-13H2,2,4H3,(H2,37,39)(H,38,40)/b23-18+,25-6+,36-33?. The normalized spacial score (nSPS) is 12.0. The first kappa shape index (κ1) is 27.7. The van der Waals surface area contributed by atoms with E-state index < -0.39 is 0 Å².